The number of carbonyl (C=O) groups excluding carboxylic acids is 2. The lowest BCUT2D eigenvalue weighted by atomic mass is 9.85. The zero-order chi connectivity index (χ0) is 27.1. The van der Waals surface area contributed by atoms with Crippen molar-refractivity contribution in [3.05, 3.63) is 59.8 Å². The van der Waals surface area contributed by atoms with Crippen molar-refractivity contribution in [1.29, 1.82) is 0 Å². The summed E-state index contributed by atoms with van der Waals surface area (Å²) in [5, 5.41) is 0.668. The van der Waals surface area contributed by atoms with Crippen LogP contribution in [0.1, 0.15) is 46.0 Å². The molecule has 0 aromatic rings. The lowest BCUT2D eigenvalue weighted by molar-refractivity contribution is -0.131. The zero-order valence-corrected chi connectivity index (χ0v) is 24.0. The van der Waals surface area contributed by atoms with E-state index >= 15 is 0 Å². The van der Waals surface area contributed by atoms with Gasteiger partial charge in [0.25, 0.3) is 0 Å². The van der Waals surface area contributed by atoms with Gasteiger partial charge in [-0.2, -0.15) is 0 Å². The molecule has 0 radical (unpaired) electrons. The van der Waals surface area contributed by atoms with Gasteiger partial charge >= 0.3 is 0 Å². The molecule has 2 atom stereocenters. The number of hydrogen-bond acceptors (Lipinski definition) is 4. The maximum atomic E-state index is 12.2. The number of halogens is 1. The van der Waals surface area contributed by atoms with E-state index in [1.54, 1.807) is 37.2 Å². The summed E-state index contributed by atoms with van der Waals surface area (Å²) in [5.74, 6) is 0.775. The molecular formula is C30H46ClN3O2. The highest BCUT2D eigenvalue weighted by molar-refractivity contribution is 6.31. The van der Waals surface area contributed by atoms with Gasteiger partial charge in [0.2, 0.25) is 5.91 Å². The molecule has 3 aliphatic rings. The third-order valence-electron chi connectivity index (χ3n) is 8.07. The Bertz CT molecular complexity index is 907. The second kappa shape index (κ2) is 12.9. The van der Waals surface area contributed by atoms with Gasteiger partial charge in [0.05, 0.1) is 5.92 Å². The number of piperidine rings is 1. The topological polar surface area (TPSA) is 43.9 Å². The molecule has 2 unspecified atom stereocenters. The van der Waals surface area contributed by atoms with Gasteiger partial charge in [-0.05, 0) is 89.1 Å². The number of allylic oxidation sites excluding steroid dienone is 6. The van der Waals surface area contributed by atoms with Gasteiger partial charge in [0.15, 0.2) is 0 Å². The van der Waals surface area contributed by atoms with E-state index in [9.17, 15) is 9.59 Å². The van der Waals surface area contributed by atoms with E-state index in [-0.39, 0.29) is 11.8 Å². The van der Waals surface area contributed by atoms with Crippen molar-refractivity contribution in [2.24, 2.45) is 22.7 Å². The molecule has 1 spiro atoms. The molecule has 36 heavy (non-hydrogen) atoms. The second-order valence-electron chi connectivity index (χ2n) is 11.4. The van der Waals surface area contributed by atoms with E-state index in [1.807, 2.05) is 19.9 Å². The van der Waals surface area contributed by atoms with Crippen LogP contribution in [0.5, 0.6) is 0 Å². The van der Waals surface area contributed by atoms with Gasteiger partial charge in [-0.25, -0.2) is 0 Å². The Hall–Kier alpha value is -2.11. The highest BCUT2D eigenvalue weighted by Gasteiger charge is 2.53. The molecule has 200 valence electrons. The van der Waals surface area contributed by atoms with Crippen molar-refractivity contribution in [3.8, 4) is 0 Å². The number of aldehydes is 1. The van der Waals surface area contributed by atoms with Crippen LogP contribution in [0.4, 0.5) is 0 Å². The number of nitrogens with zero attached hydrogens (tertiary/aromatic N) is 3. The lowest BCUT2D eigenvalue weighted by Crippen LogP contribution is -2.32. The van der Waals surface area contributed by atoms with Crippen LogP contribution in [0.2, 0.25) is 0 Å². The molecule has 1 saturated heterocycles. The molecule has 0 aromatic carbocycles. The predicted octanol–water partition coefficient (Wildman–Crippen LogP) is 5.66. The van der Waals surface area contributed by atoms with Crippen LogP contribution in [-0.4, -0.2) is 74.7 Å². The average Bonchev–Trinajstić information content (AvgIpc) is 3.54. The molecule has 0 N–H and O–H groups in total. The van der Waals surface area contributed by atoms with Crippen molar-refractivity contribution in [1.82, 2.24) is 14.7 Å². The molecule has 2 fully saturated rings. The van der Waals surface area contributed by atoms with E-state index in [1.165, 1.54) is 38.8 Å². The summed E-state index contributed by atoms with van der Waals surface area (Å²) in [6, 6.07) is 0. The van der Waals surface area contributed by atoms with E-state index in [0.717, 1.165) is 30.0 Å². The molecule has 3 rings (SSSR count). The lowest BCUT2D eigenvalue weighted by Gasteiger charge is -2.31. The molecule has 5 nitrogen and oxygen atoms in total. The first kappa shape index (κ1) is 30.1. The van der Waals surface area contributed by atoms with Crippen molar-refractivity contribution in [2.45, 2.75) is 46.0 Å². The summed E-state index contributed by atoms with van der Waals surface area (Å²) in [4.78, 5) is 29.1. The molecule has 1 amide bonds. The van der Waals surface area contributed by atoms with Crippen LogP contribution in [0.3, 0.4) is 0 Å². The van der Waals surface area contributed by atoms with E-state index in [2.05, 4.69) is 43.1 Å². The van der Waals surface area contributed by atoms with Crippen LogP contribution in [0, 0.1) is 22.7 Å². The van der Waals surface area contributed by atoms with Gasteiger partial charge in [0.1, 0.15) is 6.29 Å². The second-order valence-corrected chi connectivity index (χ2v) is 11.8. The number of carbonyl (C=O) groups is 2. The molecule has 1 saturated carbocycles. The van der Waals surface area contributed by atoms with Crippen LogP contribution in [0.25, 0.3) is 0 Å². The van der Waals surface area contributed by atoms with Crippen molar-refractivity contribution >= 4 is 23.8 Å². The van der Waals surface area contributed by atoms with E-state index in [0.29, 0.717) is 16.9 Å². The first-order valence-corrected chi connectivity index (χ1v) is 13.4. The maximum Gasteiger partial charge on any atom is 0.230 e. The van der Waals surface area contributed by atoms with Gasteiger partial charge in [-0.15, -0.1) is 0 Å². The number of likely N-dealkylation sites (N-methyl/N-ethyl adjacent to an activating group) is 1. The quantitative estimate of drug-likeness (QED) is 0.293. The molecule has 1 aliphatic heterocycles. The van der Waals surface area contributed by atoms with Crippen LogP contribution < -0.4 is 0 Å². The van der Waals surface area contributed by atoms with Gasteiger partial charge in [-0.3, -0.25) is 4.79 Å². The Morgan fingerprint density at radius 2 is 1.89 bits per heavy atom. The van der Waals surface area contributed by atoms with Gasteiger partial charge < -0.3 is 19.5 Å². The van der Waals surface area contributed by atoms with E-state index < -0.39 is 5.41 Å². The average molecular weight is 516 g/mol. The Morgan fingerprint density at radius 3 is 2.39 bits per heavy atom. The Morgan fingerprint density at radius 1 is 1.25 bits per heavy atom. The molecule has 1 heterocycles. The normalized spacial score (nSPS) is 23.5. The predicted molar refractivity (Wildman–Crippen MR) is 152 cm³/mol. The van der Waals surface area contributed by atoms with Crippen LogP contribution in [0.15, 0.2) is 59.8 Å². The fraction of sp³-hybridized carbons (Fsp3) is 0.600. The highest BCUT2D eigenvalue weighted by atomic mass is 35.5. The number of likely N-dealkylation sites (tertiary alicyclic amines) is 1. The molecule has 0 bridgehead atoms. The number of amides is 1. The van der Waals surface area contributed by atoms with Gasteiger partial charge in [-0.1, -0.05) is 49.1 Å². The van der Waals surface area contributed by atoms with Crippen LogP contribution in [-0.2, 0) is 9.59 Å². The molecule has 0 aromatic heterocycles. The summed E-state index contributed by atoms with van der Waals surface area (Å²) < 4.78 is 0. The summed E-state index contributed by atoms with van der Waals surface area (Å²) in [6.07, 6.45) is 16.3. The van der Waals surface area contributed by atoms with Crippen molar-refractivity contribution in [2.75, 3.05) is 47.8 Å². The zero-order valence-electron chi connectivity index (χ0n) is 23.2. The Balaban J connectivity index is 0.000000352. The monoisotopic (exact) mass is 515 g/mol. The number of hydrogen-bond donors (Lipinski definition) is 0. The van der Waals surface area contributed by atoms with Crippen molar-refractivity contribution in [3.63, 3.8) is 0 Å². The molecular weight excluding hydrogens is 470 g/mol. The Labute approximate surface area is 224 Å². The number of rotatable bonds is 9. The fourth-order valence-electron chi connectivity index (χ4n) is 5.18. The smallest absolute Gasteiger partial charge is 0.230 e. The van der Waals surface area contributed by atoms with E-state index in [4.69, 9.17) is 11.6 Å². The first-order chi connectivity index (χ1) is 16.9. The largest absolute Gasteiger partial charge is 0.375 e. The maximum absolute atomic E-state index is 12.2. The van der Waals surface area contributed by atoms with Crippen molar-refractivity contribution < 1.29 is 9.59 Å². The highest BCUT2D eigenvalue weighted by Crippen LogP contribution is 2.60. The van der Waals surface area contributed by atoms with Crippen LogP contribution >= 0.6 is 11.6 Å². The molecule has 6 heteroatoms. The minimum absolute atomic E-state index is 0.0846. The minimum Gasteiger partial charge on any atom is -0.375 e. The SMILES string of the molecule is C=C/C=C(\C=C)C(C)(C)C=O.CN1CCC2(CC1)CC2CCN(C)C1=CCC(C(=O)N(C)C)C(Cl)=C1. The summed E-state index contributed by atoms with van der Waals surface area (Å²) in [5.41, 5.74) is 2.26. The standard InChI is InChI=1S/C20H32ClN3O.C10H14O/c1-22(2)19(25)17-6-5-16(13-18(17)21)24(4)10-7-15-14-20(15)8-11-23(3)12-9-20;1-5-7-9(6-2)10(3,4)8-11/h5,13,15,17H,6-12,14H2,1-4H3;5-8H,1-2H2,3-4H3/b;9-7+. The summed E-state index contributed by atoms with van der Waals surface area (Å²) in [7, 11) is 7.95. The minimum atomic E-state index is -0.448. The summed E-state index contributed by atoms with van der Waals surface area (Å²) >= 11 is 6.41. The fourth-order valence-corrected chi connectivity index (χ4v) is 5.48. The third-order valence-corrected chi connectivity index (χ3v) is 8.44. The third kappa shape index (κ3) is 7.69. The molecule has 2 aliphatic carbocycles. The first-order valence-electron chi connectivity index (χ1n) is 13.0. The Kier molecular flexibility index (Phi) is 10.8. The summed E-state index contributed by atoms with van der Waals surface area (Å²) in [6.45, 7) is 14.5. The van der Waals surface area contributed by atoms with Gasteiger partial charge in [0, 0.05) is 43.8 Å².